The lowest BCUT2D eigenvalue weighted by molar-refractivity contribution is 0.102. The molecule has 6 heteroatoms. The van der Waals surface area contributed by atoms with E-state index in [9.17, 15) is 4.79 Å². The van der Waals surface area contributed by atoms with Crippen LogP contribution >= 0.6 is 11.6 Å². The van der Waals surface area contributed by atoms with Gasteiger partial charge < -0.3 is 0 Å². The minimum Gasteiger partial charge on any atom is -0.290 e. The molecule has 2 aromatic rings. The van der Waals surface area contributed by atoms with E-state index in [0.717, 1.165) is 5.69 Å². The monoisotopic (exact) mass is 276 g/mol. The highest BCUT2D eigenvalue weighted by Gasteiger charge is 2.12. The van der Waals surface area contributed by atoms with Crippen LogP contribution in [0.1, 0.15) is 27.4 Å². The van der Waals surface area contributed by atoms with E-state index in [1.54, 1.807) is 32.0 Å². The number of carbonyl (C=O) groups excluding carboxylic acids is 1. The van der Waals surface area contributed by atoms with Crippen molar-refractivity contribution in [2.75, 3.05) is 5.32 Å². The summed E-state index contributed by atoms with van der Waals surface area (Å²) in [6, 6.07) is 5.13. The molecule has 0 saturated heterocycles. The Morgan fingerprint density at radius 3 is 2.47 bits per heavy atom. The summed E-state index contributed by atoms with van der Waals surface area (Å²) in [4.78, 5) is 24.4. The van der Waals surface area contributed by atoms with Gasteiger partial charge in [0.2, 0.25) is 5.95 Å². The summed E-state index contributed by atoms with van der Waals surface area (Å²) >= 11 is 5.82. The molecule has 0 bridgehead atoms. The van der Waals surface area contributed by atoms with Gasteiger partial charge in [0.05, 0.1) is 11.3 Å². The molecule has 2 heterocycles. The number of aromatic nitrogens is 3. The van der Waals surface area contributed by atoms with Crippen LogP contribution in [0.15, 0.2) is 18.2 Å². The molecular formula is C13H13ClN4O. The molecule has 0 aliphatic rings. The van der Waals surface area contributed by atoms with Gasteiger partial charge in [-0.15, -0.1) is 0 Å². The third kappa shape index (κ3) is 3.26. The van der Waals surface area contributed by atoms with E-state index in [0.29, 0.717) is 22.1 Å². The Kier molecular flexibility index (Phi) is 3.76. The maximum Gasteiger partial charge on any atom is 0.259 e. The highest BCUT2D eigenvalue weighted by Crippen LogP contribution is 2.12. The summed E-state index contributed by atoms with van der Waals surface area (Å²) in [5.74, 6) is -0.110. The van der Waals surface area contributed by atoms with Crippen molar-refractivity contribution in [3.05, 3.63) is 46.0 Å². The van der Waals surface area contributed by atoms with E-state index >= 15 is 0 Å². The molecule has 2 aromatic heterocycles. The molecular weight excluding hydrogens is 264 g/mol. The summed E-state index contributed by atoms with van der Waals surface area (Å²) < 4.78 is 0. The molecule has 0 aliphatic heterocycles. The smallest absolute Gasteiger partial charge is 0.259 e. The molecule has 5 nitrogen and oxygen atoms in total. The van der Waals surface area contributed by atoms with Gasteiger partial charge in [0.25, 0.3) is 5.91 Å². The number of rotatable bonds is 2. The molecule has 0 unspecified atom stereocenters. The van der Waals surface area contributed by atoms with Gasteiger partial charge in [-0.25, -0.2) is 9.97 Å². The van der Waals surface area contributed by atoms with Crippen LogP contribution in [0.4, 0.5) is 5.95 Å². The SMILES string of the molecule is Cc1cc(Cl)nc(NC(=O)c2ccc(C)nc2C)n1. The second-order valence-electron chi connectivity index (χ2n) is 4.20. The van der Waals surface area contributed by atoms with E-state index in [1.165, 1.54) is 0 Å². The maximum atomic E-state index is 12.1. The number of nitrogens with zero attached hydrogens (tertiary/aromatic N) is 3. The Balaban J connectivity index is 2.25. The maximum absolute atomic E-state index is 12.1. The molecule has 2 rings (SSSR count). The van der Waals surface area contributed by atoms with Crippen molar-refractivity contribution >= 4 is 23.5 Å². The van der Waals surface area contributed by atoms with E-state index in [2.05, 4.69) is 20.3 Å². The average molecular weight is 277 g/mol. The molecule has 19 heavy (non-hydrogen) atoms. The van der Waals surface area contributed by atoms with Crippen LogP contribution in [-0.2, 0) is 0 Å². The number of hydrogen-bond acceptors (Lipinski definition) is 4. The fourth-order valence-corrected chi connectivity index (χ4v) is 1.92. The minimum absolute atomic E-state index is 0.190. The zero-order valence-electron chi connectivity index (χ0n) is 10.9. The highest BCUT2D eigenvalue weighted by molar-refractivity contribution is 6.29. The van der Waals surface area contributed by atoms with Gasteiger partial charge in [-0.1, -0.05) is 11.6 Å². The van der Waals surface area contributed by atoms with Crippen LogP contribution in [0.25, 0.3) is 0 Å². The zero-order valence-corrected chi connectivity index (χ0v) is 11.6. The van der Waals surface area contributed by atoms with Crippen LogP contribution in [0, 0.1) is 20.8 Å². The largest absolute Gasteiger partial charge is 0.290 e. The quantitative estimate of drug-likeness (QED) is 0.857. The van der Waals surface area contributed by atoms with Crippen LogP contribution in [-0.4, -0.2) is 20.9 Å². The van der Waals surface area contributed by atoms with Gasteiger partial charge in [-0.3, -0.25) is 15.1 Å². The Morgan fingerprint density at radius 2 is 1.84 bits per heavy atom. The Hall–Kier alpha value is -2.01. The standard InChI is InChI=1S/C13H13ClN4O/c1-7-4-5-10(9(3)15-7)12(19)18-13-16-8(2)6-11(14)17-13/h4-6H,1-3H3,(H,16,17,18,19). The van der Waals surface area contributed by atoms with Crippen molar-refractivity contribution in [2.24, 2.45) is 0 Å². The van der Waals surface area contributed by atoms with Gasteiger partial charge in [0, 0.05) is 11.4 Å². The topological polar surface area (TPSA) is 67.8 Å². The lowest BCUT2D eigenvalue weighted by Gasteiger charge is -2.07. The van der Waals surface area contributed by atoms with Gasteiger partial charge in [0.15, 0.2) is 0 Å². The number of halogens is 1. The normalized spacial score (nSPS) is 10.3. The first-order chi connectivity index (χ1) is 8.95. The van der Waals surface area contributed by atoms with Crippen molar-refractivity contribution in [3.63, 3.8) is 0 Å². The second kappa shape index (κ2) is 5.32. The predicted molar refractivity (Wildman–Crippen MR) is 73.4 cm³/mol. The van der Waals surface area contributed by atoms with Crippen molar-refractivity contribution < 1.29 is 4.79 Å². The van der Waals surface area contributed by atoms with E-state index in [4.69, 9.17) is 11.6 Å². The van der Waals surface area contributed by atoms with Crippen LogP contribution < -0.4 is 5.32 Å². The molecule has 0 aromatic carbocycles. The van der Waals surface area contributed by atoms with Crippen molar-refractivity contribution in [3.8, 4) is 0 Å². The minimum atomic E-state index is -0.299. The van der Waals surface area contributed by atoms with Gasteiger partial charge in [-0.2, -0.15) is 0 Å². The highest BCUT2D eigenvalue weighted by atomic mass is 35.5. The molecule has 1 N–H and O–H groups in total. The van der Waals surface area contributed by atoms with Crippen molar-refractivity contribution in [2.45, 2.75) is 20.8 Å². The molecule has 0 saturated carbocycles. The molecule has 1 amide bonds. The summed E-state index contributed by atoms with van der Waals surface area (Å²) in [7, 11) is 0. The summed E-state index contributed by atoms with van der Waals surface area (Å²) in [5, 5.41) is 2.91. The first kappa shape index (κ1) is 13.4. The number of amides is 1. The van der Waals surface area contributed by atoms with E-state index < -0.39 is 0 Å². The van der Waals surface area contributed by atoms with Crippen molar-refractivity contribution in [1.29, 1.82) is 0 Å². The Labute approximate surface area is 116 Å². The van der Waals surface area contributed by atoms with E-state index in [1.807, 2.05) is 6.92 Å². The lowest BCUT2D eigenvalue weighted by atomic mass is 10.2. The summed E-state index contributed by atoms with van der Waals surface area (Å²) in [6.45, 7) is 5.44. The third-order valence-corrected chi connectivity index (χ3v) is 2.71. The predicted octanol–water partition coefficient (Wildman–Crippen LogP) is 2.70. The summed E-state index contributed by atoms with van der Waals surface area (Å²) in [5.41, 5.74) is 2.71. The fraction of sp³-hybridized carbons (Fsp3) is 0.231. The van der Waals surface area contributed by atoms with Crippen LogP contribution in [0.5, 0.6) is 0 Å². The molecule has 0 fully saturated rings. The number of nitrogens with one attached hydrogen (secondary N) is 1. The summed E-state index contributed by atoms with van der Waals surface area (Å²) in [6.07, 6.45) is 0. The fourth-order valence-electron chi connectivity index (χ4n) is 1.68. The van der Waals surface area contributed by atoms with Gasteiger partial charge >= 0.3 is 0 Å². The lowest BCUT2D eigenvalue weighted by Crippen LogP contribution is -2.16. The first-order valence-corrected chi connectivity index (χ1v) is 6.10. The van der Waals surface area contributed by atoms with Crippen LogP contribution in [0.2, 0.25) is 5.15 Å². The van der Waals surface area contributed by atoms with E-state index in [-0.39, 0.29) is 11.9 Å². The first-order valence-electron chi connectivity index (χ1n) is 5.72. The number of anilines is 1. The molecule has 0 atom stereocenters. The Bertz CT molecular complexity index is 622. The number of pyridine rings is 1. The number of aryl methyl sites for hydroxylation is 3. The number of carbonyl (C=O) groups is 1. The molecule has 0 aliphatic carbocycles. The zero-order chi connectivity index (χ0) is 14.0. The van der Waals surface area contributed by atoms with Gasteiger partial charge in [0.1, 0.15) is 5.15 Å². The Morgan fingerprint density at radius 1 is 1.11 bits per heavy atom. The average Bonchev–Trinajstić information content (AvgIpc) is 2.26. The van der Waals surface area contributed by atoms with Gasteiger partial charge in [-0.05, 0) is 39.0 Å². The van der Waals surface area contributed by atoms with Crippen LogP contribution in [0.3, 0.4) is 0 Å². The molecule has 0 radical (unpaired) electrons. The molecule has 98 valence electrons. The third-order valence-electron chi connectivity index (χ3n) is 2.52. The number of hydrogen-bond donors (Lipinski definition) is 1. The second-order valence-corrected chi connectivity index (χ2v) is 4.58. The molecule has 0 spiro atoms. The van der Waals surface area contributed by atoms with Crippen molar-refractivity contribution in [1.82, 2.24) is 15.0 Å².